The fourth-order valence-corrected chi connectivity index (χ4v) is 6.23. The van der Waals surface area contributed by atoms with Crippen molar-refractivity contribution in [2.24, 2.45) is 16.9 Å². The van der Waals surface area contributed by atoms with Crippen LogP contribution in [0.4, 0.5) is 11.6 Å². The van der Waals surface area contributed by atoms with E-state index in [1.807, 2.05) is 18.2 Å². The summed E-state index contributed by atoms with van der Waals surface area (Å²) < 4.78 is 31.7. The molecule has 0 saturated carbocycles. The number of ether oxygens (including phenoxy) is 1. The van der Waals surface area contributed by atoms with Gasteiger partial charge in [-0.1, -0.05) is 19.9 Å². The van der Waals surface area contributed by atoms with Crippen LogP contribution in [0.5, 0.6) is 5.75 Å². The number of nitrogen functional groups attached to an aromatic ring is 1. The van der Waals surface area contributed by atoms with Gasteiger partial charge in [0, 0.05) is 35.1 Å². The van der Waals surface area contributed by atoms with Crippen LogP contribution in [0.25, 0.3) is 11.1 Å². The first kappa shape index (κ1) is 25.9. The molecule has 1 aliphatic carbocycles. The van der Waals surface area contributed by atoms with Gasteiger partial charge in [-0.15, -0.1) is 0 Å². The molecule has 0 saturated heterocycles. The molecule has 0 radical (unpaired) electrons. The lowest BCUT2D eigenvalue weighted by molar-refractivity contribution is -0.117. The average molecular weight is 538 g/mol. The number of primary amides is 1. The van der Waals surface area contributed by atoms with Crippen LogP contribution in [0.3, 0.4) is 0 Å². The number of nitrogens with two attached hydrogens (primary N) is 3. The van der Waals surface area contributed by atoms with Gasteiger partial charge < -0.3 is 26.8 Å². The molecule has 1 atom stereocenters. The molecule has 12 heteroatoms. The normalized spacial score (nSPS) is 17.5. The van der Waals surface area contributed by atoms with E-state index >= 15 is 0 Å². The number of sulfone groups is 1. The van der Waals surface area contributed by atoms with E-state index in [-0.39, 0.29) is 16.1 Å². The molecule has 5 rings (SSSR count). The Bertz CT molecular complexity index is 1520. The fraction of sp³-hybridized carbons (Fsp3) is 0.385. The molecule has 0 spiro atoms. The summed E-state index contributed by atoms with van der Waals surface area (Å²) in [6.45, 7) is 6.24. The topological polar surface area (TPSA) is 180 Å². The van der Waals surface area contributed by atoms with Crippen molar-refractivity contribution in [3.63, 3.8) is 0 Å². The van der Waals surface area contributed by atoms with Crippen LogP contribution in [0.1, 0.15) is 37.1 Å². The molecule has 1 aliphatic heterocycles. The fourth-order valence-electron chi connectivity index (χ4n) is 5.02. The van der Waals surface area contributed by atoms with Gasteiger partial charge in [-0.3, -0.25) is 4.79 Å². The Labute approximate surface area is 221 Å². The molecule has 3 heterocycles. The van der Waals surface area contributed by atoms with Crippen LogP contribution in [-0.4, -0.2) is 47.8 Å². The van der Waals surface area contributed by atoms with E-state index in [4.69, 9.17) is 21.9 Å². The molecule has 3 aromatic rings. The second-order valence-electron chi connectivity index (χ2n) is 10.5. The number of fused-ring (bicyclic) bond motifs is 2. The van der Waals surface area contributed by atoms with Gasteiger partial charge >= 0.3 is 0 Å². The van der Waals surface area contributed by atoms with Crippen molar-refractivity contribution in [3.05, 3.63) is 53.6 Å². The highest BCUT2D eigenvalue weighted by atomic mass is 32.2. The number of amides is 1. The number of pyridine rings is 1. The Kier molecular flexibility index (Phi) is 6.48. The maximum atomic E-state index is 12.8. The summed E-state index contributed by atoms with van der Waals surface area (Å²) in [5.74, 6) is 0.234. The molecule has 0 bridgehead atoms. The average Bonchev–Trinajstić information content (AvgIpc) is 3.09. The molecule has 2 aliphatic rings. The van der Waals surface area contributed by atoms with E-state index < -0.39 is 21.1 Å². The van der Waals surface area contributed by atoms with Crippen LogP contribution in [0.15, 0.2) is 41.7 Å². The van der Waals surface area contributed by atoms with Crippen molar-refractivity contribution in [1.82, 2.24) is 15.0 Å². The second-order valence-corrected chi connectivity index (χ2v) is 12.6. The molecule has 38 heavy (non-hydrogen) atoms. The van der Waals surface area contributed by atoms with E-state index in [1.165, 1.54) is 17.8 Å². The molecule has 2 aromatic heterocycles. The molecular formula is C26H31N7O4S. The molecule has 0 fully saturated rings. The predicted molar refractivity (Wildman–Crippen MR) is 143 cm³/mol. The van der Waals surface area contributed by atoms with Gasteiger partial charge in [-0.05, 0) is 48.4 Å². The van der Waals surface area contributed by atoms with E-state index in [1.54, 1.807) is 6.33 Å². The number of hydrogen-bond donors (Lipinski definition) is 3. The van der Waals surface area contributed by atoms with Gasteiger partial charge in [-0.2, -0.15) is 0 Å². The quantitative estimate of drug-likeness (QED) is 0.432. The molecule has 1 aromatic carbocycles. The number of rotatable bonds is 5. The van der Waals surface area contributed by atoms with Crippen molar-refractivity contribution in [1.29, 1.82) is 0 Å². The maximum Gasteiger partial charge on any atom is 0.250 e. The summed E-state index contributed by atoms with van der Waals surface area (Å²) in [5.41, 5.74) is 21.1. The Morgan fingerprint density at radius 2 is 1.95 bits per heavy atom. The Balaban J connectivity index is 1.51. The lowest BCUT2D eigenvalue weighted by Gasteiger charge is -2.33. The third-order valence-electron chi connectivity index (χ3n) is 7.18. The summed E-state index contributed by atoms with van der Waals surface area (Å²) in [5, 5.41) is -1.93. The molecule has 1 amide bonds. The zero-order valence-electron chi connectivity index (χ0n) is 21.3. The minimum absolute atomic E-state index is 0.178. The zero-order chi connectivity index (χ0) is 27.2. The zero-order valence-corrected chi connectivity index (χ0v) is 22.2. The Morgan fingerprint density at radius 1 is 1.16 bits per heavy atom. The number of nitrogens with zero attached hydrogens (tertiary/aromatic N) is 4. The summed E-state index contributed by atoms with van der Waals surface area (Å²) in [4.78, 5) is 26.6. The number of carbonyl (C=O) groups is 1. The predicted octanol–water partition coefficient (Wildman–Crippen LogP) is 1.58. The highest BCUT2D eigenvalue weighted by molar-refractivity contribution is 7.92. The van der Waals surface area contributed by atoms with E-state index in [2.05, 4.69) is 33.7 Å². The second kappa shape index (κ2) is 9.52. The monoisotopic (exact) mass is 537 g/mol. The van der Waals surface area contributed by atoms with Crippen LogP contribution in [0, 0.1) is 5.41 Å². The summed E-state index contributed by atoms with van der Waals surface area (Å²) in [7, 11) is -4.32. The Morgan fingerprint density at radius 3 is 2.71 bits per heavy atom. The minimum atomic E-state index is -4.32. The minimum Gasteiger partial charge on any atom is -0.491 e. The van der Waals surface area contributed by atoms with Gasteiger partial charge in [0.2, 0.25) is 15.7 Å². The first-order valence-electron chi connectivity index (χ1n) is 12.3. The number of aromatic nitrogens is 3. The van der Waals surface area contributed by atoms with Gasteiger partial charge in [0.05, 0.1) is 6.54 Å². The Hall–Kier alpha value is -3.77. The lowest BCUT2D eigenvalue weighted by Crippen LogP contribution is -2.43. The van der Waals surface area contributed by atoms with Crippen molar-refractivity contribution in [2.45, 2.75) is 49.9 Å². The van der Waals surface area contributed by atoms with Gasteiger partial charge in [0.25, 0.3) is 0 Å². The lowest BCUT2D eigenvalue weighted by atomic mass is 9.76. The van der Waals surface area contributed by atoms with Crippen LogP contribution in [-0.2, 0) is 34.0 Å². The summed E-state index contributed by atoms with van der Waals surface area (Å²) in [6, 6.07) is 6.97. The van der Waals surface area contributed by atoms with Crippen molar-refractivity contribution >= 4 is 27.4 Å². The van der Waals surface area contributed by atoms with Crippen molar-refractivity contribution < 1.29 is 17.9 Å². The van der Waals surface area contributed by atoms with Crippen molar-refractivity contribution in [3.8, 4) is 16.9 Å². The first-order chi connectivity index (χ1) is 18.0. The number of anilines is 2. The highest BCUT2D eigenvalue weighted by Gasteiger charge is 2.32. The van der Waals surface area contributed by atoms with Crippen LogP contribution < -0.4 is 26.8 Å². The first-order valence-corrected chi connectivity index (χ1v) is 13.9. The number of hydrogen-bond acceptors (Lipinski definition) is 10. The summed E-state index contributed by atoms with van der Waals surface area (Å²) >= 11 is 0. The molecular weight excluding hydrogens is 506 g/mol. The SMILES string of the molecule is CC1(C)CCc2ncnc(N3CCOc4ccc(-c5cnc(N)c(S(=O)(=O)C(N)C(N)=O)c5)cc4C3)c2C1. The standard InChI is InChI=1S/C26H31N7O4S/c1-26(2)6-5-19-18(11-26)25(32-14-31-19)33-7-8-37-20-4-3-15(9-17(20)13-33)16-10-21(22(27)30-12-16)38(35,36)24(29)23(28)34/h3-4,9-10,12,14,24H,5-8,11,13,29H2,1-2H3,(H2,27,30)(H2,28,34). The maximum absolute atomic E-state index is 12.8. The largest absolute Gasteiger partial charge is 0.491 e. The summed E-state index contributed by atoms with van der Waals surface area (Å²) in [6.07, 6.45) is 6.03. The third-order valence-corrected chi connectivity index (χ3v) is 9.02. The van der Waals surface area contributed by atoms with Crippen molar-refractivity contribution in [2.75, 3.05) is 23.8 Å². The van der Waals surface area contributed by atoms with Gasteiger partial charge in [0.1, 0.15) is 35.2 Å². The molecule has 200 valence electrons. The van der Waals surface area contributed by atoms with E-state index in [9.17, 15) is 13.2 Å². The molecule has 1 unspecified atom stereocenters. The molecule has 11 nitrogen and oxygen atoms in total. The van der Waals surface area contributed by atoms with Crippen LogP contribution in [0.2, 0.25) is 0 Å². The van der Waals surface area contributed by atoms with Crippen LogP contribution >= 0.6 is 0 Å². The molecule has 6 N–H and O–H groups in total. The van der Waals surface area contributed by atoms with E-state index in [0.29, 0.717) is 30.8 Å². The van der Waals surface area contributed by atoms with Gasteiger partial charge in [0.15, 0.2) is 5.37 Å². The smallest absolute Gasteiger partial charge is 0.250 e. The number of benzene rings is 1. The number of carbonyl (C=O) groups excluding carboxylic acids is 1. The number of aryl methyl sites for hydroxylation is 1. The van der Waals surface area contributed by atoms with E-state index in [0.717, 1.165) is 42.1 Å². The van der Waals surface area contributed by atoms with Gasteiger partial charge in [-0.25, -0.2) is 23.4 Å². The highest BCUT2D eigenvalue weighted by Crippen LogP contribution is 2.39. The third kappa shape index (κ3) is 4.76.